The number of halogens is 1. The Bertz CT molecular complexity index is 601. The number of guanidine groups is 1. The number of nitrogens with one attached hydrogen (secondary N) is 2. The highest BCUT2D eigenvalue weighted by Crippen LogP contribution is 2.17. The maximum absolute atomic E-state index is 11.3. The van der Waals surface area contributed by atoms with Crippen molar-refractivity contribution < 1.29 is 4.79 Å². The molecular formula is C18H33IN6OS. The van der Waals surface area contributed by atoms with Gasteiger partial charge in [-0.3, -0.25) is 9.79 Å². The summed E-state index contributed by atoms with van der Waals surface area (Å²) in [4.78, 5) is 23.8. The number of aryl methyl sites for hydroxylation is 2. The molecule has 1 unspecified atom stereocenters. The number of likely N-dealkylation sites (tertiary alicyclic amines) is 1. The molecule has 2 heterocycles. The van der Waals surface area contributed by atoms with Crippen LogP contribution < -0.4 is 16.4 Å². The molecule has 0 saturated carbocycles. The second kappa shape index (κ2) is 12.5. The van der Waals surface area contributed by atoms with Crippen molar-refractivity contribution in [3.05, 3.63) is 15.6 Å². The molecule has 27 heavy (non-hydrogen) atoms. The van der Waals surface area contributed by atoms with Crippen LogP contribution >= 0.6 is 35.3 Å². The number of carbonyl (C=O) groups excluding carboxylic acids is 1. The van der Waals surface area contributed by atoms with E-state index in [1.165, 1.54) is 4.88 Å². The first-order valence-corrected chi connectivity index (χ1v) is 10.2. The van der Waals surface area contributed by atoms with Gasteiger partial charge in [0.25, 0.3) is 0 Å². The fraction of sp³-hybridized carbons (Fsp3) is 0.722. The van der Waals surface area contributed by atoms with Gasteiger partial charge in [-0.1, -0.05) is 0 Å². The molecule has 1 aromatic heterocycles. The fourth-order valence-corrected chi connectivity index (χ4v) is 4.09. The summed E-state index contributed by atoms with van der Waals surface area (Å²) in [6.07, 6.45) is 3.90. The summed E-state index contributed by atoms with van der Waals surface area (Å²) in [7, 11) is 1.79. The number of piperidine rings is 1. The van der Waals surface area contributed by atoms with E-state index in [9.17, 15) is 4.79 Å². The summed E-state index contributed by atoms with van der Waals surface area (Å²) < 4.78 is 0. The summed E-state index contributed by atoms with van der Waals surface area (Å²) in [5.41, 5.74) is 6.56. The van der Waals surface area contributed by atoms with E-state index in [0.29, 0.717) is 0 Å². The average Bonchev–Trinajstić information content (AvgIpc) is 2.95. The van der Waals surface area contributed by atoms with Crippen molar-refractivity contribution >= 4 is 47.2 Å². The number of aromatic nitrogens is 1. The van der Waals surface area contributed by atoms with Crippen LogP contribution in [0.5, 0.6) is 0 Å². The SMILES string of the molecule is CN=C(NCCCN1CCCC(C(N)=O)C1)NCCc1nc(C)c(C)s1.I. The van der Waals surface area contributed by atoms with E-state index in [-0.39, 0.29) is 35.8 Å². The maximum Gasteiger partial charge on any atom is 0.221 e. The first-order valence-electron chi connectivity index (χ1n) is 9.38. The Morgan fingerprint density at radius 2 is 2.11 bits per heavy atom. The summed E-state index contributed by atoms with van der Waals surface area (Å²) in [6.45, 7) is 8.67. The minimum Gasteiger partial charge on any atom is -0.369 e. The number of amides is 1. The number of primary amides is 1. The Kier molecular flexibility index (Phi) is 11.2. The van der Waals surface area contributed by atoms with Crippen LogP contribution in [0.3, 0.4) is 0 Å². The van der Waals surface area contributed by atoms with Crippen molar-refractivity contribution in [3.8, 4) is 0 Å². The van der Waals surface area contributed by atoms with Crippen molar-refractivity contribution in [1.29, 1.82) is 0 Å². The van der Waals surface area contributed by atoms with Gasteiger partial charge in [0, 0.05) is 38.0 Å². The van der Waals surface area contributed by atoms with E-state index >= 15 is 0 Å². The molecule has 9 heteroatoms. The number of nitrogens with zero attached hydrogens (tertiary/aromatic N) is 3. The molecule has 0 bridgehead atoms. The van der Waals surface area contributed by atoms with Crippen LogP contribution in [0, 0.1) is 19.8 Å². The highest BCUT2D eigenvalue weighted by atomic mass is 127. The molecule has 2 rings (SSSR count). The predicted molar refractivity (Wildman–Crippen MR) is 123 cm³/mol. The zero-order chi connectivity index (χ0) is 18.9. The molecule has 0 aliphatic carbocycles. The lowest BCUT2D eigenvalue weighted by Gasteiger charge is -2.31. The quantitative estimate of drug-likeness (QED) is 0.215. The van der Waals surface area contributed by atoms with Crippen LogP contribution in [-0.2, 0) is 11.2 Å². The Morgan fingerprint density at radius 3 is 2.74 bits per heavy atom. The topological polar surface area (TPSA) is 95.6 Å². The lowest BCUT2D eigenvalue weighted by atomic mass is 9.97. The third-order valence-corrected chi connectivity index (χ3v) is 5.91. The molecule has 1 aliphatic heterocycles. The van der Waals surface area contributed by atoms with Gasteiger partial charge in [-0.2, -0.15) is 0 Å². The number of rotatable bonds is 8. The monoisotopic (exact) mass is 508 g/mol. The van der Waals surface area contributed by atoms with Gasteiger partial charge in [-0.05, 0) is 46.2 Å². The maximum atomic E-state index is 11.3. The third kappa shape index (κ3) is 8.30. The minimum absolute atomic E-state index is 0. The van der Waals surface area contributed by atoms with Crippen molar-refractivity contribution in [2.24, 2.45) is 16.6 Å². The number of carbonyl (C=O) groups is 1. The minimum atomic E-state index is -0.164. The molecule has 154 valence electrons. The van der Waals surface area contributed by atoms with Crippen molar-refractivity contribution in [1.82, 2.24) is 20.5 Å². The fourth-order valence-electron chi connectivity index (χ4n) is 3.15. The summed E-state index contributed by atoms with van der Waals surface area (Å²) in [6, 6.07) is 0. The van der Waals surface area contributed by atoms with Crippen molar-refractivity contribution in [2.45, 2.75) is 39.5 Å². The second-order valence-electron chi connectivity index (χ2n) is 6.82. The number of hydrogen-bond donors (Lipinski definition) is 3. The van der Waals surface area contributed by atoms with Crippen LogP contribution in [0.15, 0.2) is 4.99 Å². The standard InChI is InChI=1S/C18H32N6OS.HI/c1-13-14(2)26-16(23-13)7-9-22-18(20-3)21-8-5-11-24-10-4-6-15(12-24)17(19)25;/h15H,4-12H2,1-3H3,(H2,19,25)(H2,20,21,22);1H. The molecule has 1 amide bonds. The largest absolute Gasteiger partial charge is 0.369 e. The number of nitrogens with two attached hydrogens (primary N) is 1. The number of aliphatic imine (C=N–C) groups is 1. The average molecular weight is 508 g/mol. The van der Waals surface area contributed by atoms with Crippen LogP contribution in [0.4, 0.5) is 0 Å². The summed E-state index contributed by atoms with van der Waals surface area (Å²) >= 11 is 1.76. The van der Waals surface area contributed by atoms with Crippen molar-refractivity contribution in [2.75, 3.05) is 39.8 Å². The molecule has 0 spiro atoms. The first kappa shape index (κ1) is 24.1. The van der Waals surface area contributed by atoms with E-state index in [1.807, 2.05) is 0 Å². The van der Waals surface area contributed by atoms with Gasteiger partial charge in [0.15, 0.2) is 5.96 Å². The van der Waals surface area contributed by atoms with Gasteiger partial charge >= 0.3 is 0 Å². The van der Waals surface area contributed by atoms with E-state index < -0.39 is 0 Å². The van der Waals surface area contributed by atoms with Gasteiger partial charge < -0.3 is 21.3 Å². The first-order chi connectivity index (χ1) is 12.5. The Hall–Kier alpha value is -0.940. The van der Waals surface area contributed by atoms with E-state index in [0.717, 1.165) is 75.1 Å². The van der Waals surface area contributed by atoms with E-state index in [2.05, 4.69) is 39.4 Å². The zero-order valence-electron chi connectivity index (χ0n) is 16.6. The van der Waals surface area contributed by atoms with Crippen LogP contribution in [0.1, 0.15) is 34.8 Å². The highest BCUT2D eigenvalue weighted by molar-refractivity contribution is 14.0. The van der Waals surface area contributed by atoms with Crippen LogP contribution in [0.25, 0.3) is 0 Å². The number of thiazole rings is 1. The second-order valence-corrected chi connectivity index (χ2v) is 8.11. The van der Waals surface area contributed by atoms with E-state index in [4.69, 9.17) is 5.73 Å². The van der Waals surface area contributed by atoms with Gasteiger partial charge in [0.2, 0.25) is 5.91 Å². The van der Waals surface area contributed by atoms with Crippen LogP contribution in [0.2, 0.25) is 0 Å². The highest BCUT2D eigenvalue weighted by Gasteiger charge is 2.23. The van der Waals surface area contributed by atoms with Crippen LogP contribution in [-0.4, -0.2) is 61.5 Å². The van der Waals surface area contributed by atoms with E-state index in [1.54, 1.807) is 18.4 Å². The Balaban J connectivity index is 0.00000364. The lowest BCUT2D eigenvalue weighted by Crippen LogP contribution is -2.43. The molecule has 1 aromatic rings. The van der Waals surface area contributed by atoms with Gasteiger partial charge in [-0.15, -0.1) is 35.3 Å². The molecule has 0 radical (unpaired) electrons. The van der Waals surface area contributed by atoms with Gasteiger partial charge in [0.05, 0.1) is 16.6 Å². The molecule has 1 aliphatic rings. The van der Waals surface area contributed by atoms with Gasteiger partial charge in [0.1, 0.15) is 0 Å². The Morgan fingerprint density at radius 1 is 1.37 bits per heavy atom. The smallest absolute Gasteiger partial charge is 0.221 e. The molecule has 0 aromatic carbocycles. The lowest BCUT2D eigenvalue weighted by molar-refractivity contribution is -0.123. The molecule has 1 atom stereocenters. The molecule has 1 saturated heterocycles. The normalized spacial score (nSPS) is 18.0. The molecule has 7 nitrogen and oxygen atoms in total. The summed E-state index contributed by atoms with van der Waals surface area (Å²) in [5, 5.41) is 7.85. The summed E-state index contributed by atoms with van der Waals surface area (Å²) in [5.74, 6) is 0.677. The zero-order valence-corrected chi connectivity index (χ0v) is 19.7. The third-order valence-electron chi connectivity index (χ3n) is 4.78. The molecule has 4 N–H and O–H groups in total. The molecule has 1 fully saturated rings. The van der Waals surface area contributed by atoms with Crippen molar-refractivity contribution in [3.63, 3.8) is 0 Å². The van der Waals surface area contributed by atoms with Gasteiger partial charge in [-0.25, -0.2) is 4.98 Å². The predicted octanol–water partition coefficient (Wildman–Crippen LogP) is 1.67. The Labute approximate surface area is 183 Å². The molecular weight excluding hydrogens is 475 g/mol. The number of hydrogen-bond acceptors (Lipinski definition) is 5.